The summed E-state index contributed by atoms with van der Waals surface area (Å²) in [5.41, 5.74) is 4.17. The number of aromatic carboxylic acids is 1. The van der Waals surface area contributed by atoms with Crippen LogP contribution in [0.3, 0.4) is 0 Å². The number of rotatable bonds is 4. The Bertz CT molecular complexity index is 961. The number of halogens is 2. The zero-order chi connectivity index (χ0) is 20.1. The highest BCUT2D eigenvalue weighted by molar-refractivity contribution is 5.93. The number of anilines is 1. The summed E-state index contributed by atoms with van der Waals surface area (Å²) in [5.74, 6) is -1.89. The van der Waals surface area contributed by atoms with Gasteiger partial charge >= 0.3 is 5.97 Å². The summed E-state index contributed by atoms with van der Waals surface area (Å²) in [5, 5.41) is 9.23. The highest BCUT2D eigenvalue weighted by atomic mass is 19.1. The Morgan fingerprint density at radius 3 is 2.56 bits per heavy atom. The summed E-state index contributed by atoms with van der Waals surface area (Å²) in [7, 11) is 0. The molecule has 0 amide bonds. The van der Waals surface area contributed by atoms with Gasteiger partial charge in [0, 0.05) is 30.7 Å². The van der Waals surface area contributed by atoms with E-state index >= 15 is 0 Å². The molecule has 3 N–H and O–H groups in total. The van der Waals surface area contributed by atoms with Crippen molar-refractivity contribution in [2.24, 2.45) is 11.7 Å². The molecule has 2 heterocycles. The van der Waals surface area contributed by atoms with Gasteiger partial charge in [-0.15, -0.1) is 0 Å². The molecule has 27 heavy (non-hydrogen) atoms. The lowest BCUT2D eigenvalue weighted by Crippen LogP contribution is -2.32. The number of hydrogen-bond donors (Lipinski definition) is 2. The molecule has 0 spiro atoms. The molecule has 1 aliphatic heterocycles. The van der Waals surface area contributed by atoms with Crippen LogP contribution in [-0.4, -0.2) is 41.4 Å². The van der Waals surface area contributed by atoms with Gasteiger partial charge in [-0.05, 0) is 31.9 Å². The molecular formula is C19H23F2N3O3. The van der Waals surface area contributed by atoms with Gasteiger partial charge in [0.1, 0.15) is 18.1 Å². The molecule has 1 aromatic carbocycles. The molecule has 1 saturated heterocycles. The van der Waals surface area contributed by atoms with Gasteiger partial charge in [0.2, 0.25) is 5.43 Å². The first-order valence-electron chi connectivity index (χ1n) is 8.76. The van der Waals surface area contributed by atoms with Crippen LogP contribution in [0.2, 0.25) is 0 Å². The molecule has 0 radical (unpaired) electrons. The van der Waals surface area contributed by atoms with Crippen LogP contribution in [0, 0.1) is 11.7 Å². The van der Waals surface area contributed by atoms with E-state index in [4.69, 9.17) is 5.73 Å². The fraction of sp³-hybridized carbons (Fsp3) is 0.474. The van der Waals surface area contributed by atoms with E-state index in [1.165, 1.54) is 10.6 Å². The predicted octanol–water partition coefficient (Wildman–Crippen LogP) is 2.33. The molecule has 0 unspecified atom stereocenters. The van der Waals surface area contributed by atoms with E-state index in [1.807, 2.05) is 6.92 Å². The van der Waals surface area contributed by atoms with Crippen molar-refractivity contribution in [1.82, 2.24) is 4.57 Å². The normalized spacial score (nSPS) is 20.4. The number of benzene rings is 1. The number of nitrogens with two attached hydrogens (primary N) is 1. The monoisotopic (exact) mass is 379 g/mol. The Kier molecular flexibility index (Phi) is 4.71. The van der Waals surface area contributed by atoms with Crippen molar-refractivity contribution in [2.75, 3.05) is 24.7 Å². The van der Waals surface area contributed by atoms with E-state index in [0.717, 1.165) is 12.3 Å². The molecule has 2 aromatic rings. The Morgan fingerprint density at radius 2 is 2.04 bits per heavy atom. The SMILES string of the molecule is C[C@H]1CN(c2cc3c(cc2F)c(=O)c(C(=O)O)cn3C(C)(C)CF)C[C@@H]1N. The van der Waals surface area contributed by atoms with Gasteiger partial charge in [0.25, 0.3) is 0 Å². The number of alkyl halides is 1. The van der Waals surface area contributed by atoms with Crippen LogP contribution in [-0.2, 0) is 5.54 Å². The van der Waals surface area contributed by atoms with E-state index in [2.05, 4.69) is 0 Å². The molecule has 1 aliphatic rings. The van der Waals surface area contributed by atoms with Gasteiger partial charge in [-0.3, -0.25) is 4.79 Å². The summed E-state index contributed by atoms with van der Waals surface area (Å²) in [6, 6.07) is 2.43. The fourth-order valence-electron chi connectivity index (χ4n) is 3.48. The van der Waals surface area contributed by atoms with Gasteiger partial charge in [-0.2, -0.15) is 0 Å². The van der Waals surface area contributed by atoms with Gasteiger partial charge in [0.15, 0.2) is 0 Å². The molecule has 0 bridgehead atoms. The van der Waals surface area contributed by atoms with Crippen LogP contribution in [0.1, 0.15) is 31.1 Å². The van der Waals surface area contributed by atoms with Crippen molar-refractivity contribution in [1.29, 1.82) is 0 Å². The maximum absolute atomic E-state index is 14.8. The molecule has 1 fully saturated rings. The van der Waals surface area contributed by atoms with Crippen molar-refractivity contribution >= 4 is 22.6 Å². The van der Waals surface area contributed by atoms with Crippen LogP contribution in [0.4, 0.5) is 14.5 Å². The second kappa shape index (κ2) is 6.60. The highest BCUT2D eigenvalue weighted by Crippen LogP contribution is 2.31. The van der Waals surface area contributed by atoms with Crippen LogP contribution in [0.25, 0.3) is 10.9 Å². The third-order valence-corrected chi connectivity index (χ3v) is 5.29. The van der Waals surface area contributed by atoms with E-state index < -0.39 is 35.0 Å². The van der Waals surface area contributed by atoms with Gasteiger partial charge in [0.05, 0.1) is 16.7 Å². The summed E-state index contributed by atoms with van der Waals surface area (Å²) in [6.45, 7) is 5.38. The van der Waals surface area contributed by atoms with Crippen molar-refractivity contribution in [3.05, 3.63) is 39.9 Å². The van der Waals surface area contributed by atoms with Gasteiger partial charge < -0.3 is 20.3 Å². The molecular weight excluding hydrogens is 356 g/mol. The molecule has 0 saturated carbocycles. The first-order chi connectivity index (χ1) is 12.6. The number of nitrogens with zero attached hydrogens (tertiary/aromatic N) is 2. The number of carbonyl (C=O) groups is 1. The zero-order valence-electron chi connectivity index (χ0n) is 15.5. The number of pyridine rings is 1. The Balaban J connectivity index is 2.32. The quantitative estimate of drug-likeness (QED) is 0.851. The fourth-order valence-corrected chi connectivity index (χ4v) is 3.48. The minimum Gasteiger partial charge on any atom is -0.477 e. The smallest absolute Gasteiger partial charge is 0.341 e. The number of hydrogen-bond acceptors (Lipinski definition) is 4. The summed E-state index contributed by atoms with van der Waals surface area (Å²) in [6.07, 6.45) is 1.13. The molecule has 2 atom stereocenters. The molecule has 1 aromatic heterocycles. The number of aromatic nitrogens is 1. The van der Waals surface area contributed by atoms with E-state index in [1.54, 1.807) is 18.7 Å². The van der Waals surface area contributed by atoms with E-state index in [0.29, 0.717) is 13.1 Å². The van der Waals surface area contributed by atoms with Crippen molar-refractivity contribution in [3.8, 4) is 0 Å². The van der Waals surface area contributed by atoms with E-state index in [9.17, 15) is 23.5 Å². The van der Waals surface area contributed by atoms with Crippen LogP contribution < -0.4 is 16.1 Å². The third-order valence-electron chi connectivity index (χ3n) is 5.29. The number of carboxylic acid groups (broad SMARTS) is 1. The zero-order valence-corrected chi connectivity index (χ0v) is 15.5. The van der Waals surface area contributed by atoms with Crippen LogP contribution in [0.5, 0.6) is 0 Å². The average molecular weight is 379 g/mol. The molecule has 8 heteroatoms. The van der Waals surface area contributed by atoms with Gasteiger partial charge in [-0.25, -0.2) is 13.6 Å². The second-order valence-corrected chi connectivity index (χ2v) is 7.86. The minimum atomic E-state index is -1.44. The Morgan fingerprint density at radius 1 is 1.37 bits per heavy atom. The van der Waals surface area contributed by atoms with Gasteiger partial charge in [-0.1, -0.05) is 6.92 Å². The largest absolute Gasteiger partial charge is 0.477 e. The lowest BCUT2D eigenvalue weighted by Gasteiger charge is -2.28. The number of fused-ring (bicyclic) bond motifs is 1. The maximum Gasteiger partial charge on any atom is 0.341 e. The topological polar surface area (TPSA) is 88.6 Å². The highest BCUT2D eigenvalue weighted by Gasteiger charge is 2.30. The standard InChI is InChI=1S/C19H23F2N3O3/c1-10-6-23(8-14(10)22)16-5-15-11(4-13(16)21)17(25)12(18(26)27)7-24(15)19(2,3)9-20/h4-5,7,10,14H,6,8-9,22H2,1-3H3,(H,26,27)/t10-,14-/m0/s1. The molecule has 146 valence electrons. The first kappa shape index (κ1) is 19.3. The Hall–Kier alpha value is -2.48. The minimum absolute atomic E-state index is 0.0887. The average Bonchev–Trinajstić information content (AvgIpc) is 2.93. The third kappa shape index (κ3) is 3.18. The number of carboxylic acids is 1. The van der Waals surface area contributed by atoms with Crippen molar-refractivity contribution < 1.29 is 18.7 Å². The summed E-state index contributed by atoms with van der Waals surface area (Å²) < 4.78 is 29.8. The second-order valence-electron chi connectivity index (χ2n) is 7.86. The lowest BCUT2D eigenvalue weighted by molar-refractivity contribution is 0.0694. The van der Waals surface area contributed by atoms with Crippen LogP contribution in [0.15, 0.2) is 23.1 Å². The molecule has 6 nitrogen and oxygen atoms in total. The predicted molar refractivity (Wildman–Crippen MR) is 99.8 cm³/mol. The summed E-state index contributed by atoms with van der Waals surface area (Å²) in [4.78, 5) is 25.8. The molecule has 0 aliphatic carbocycles. The Labute approximate surface area is 155 Å². The first-order valence-corrected chi connectivity index (χ1v) is 8.76. The van der Waals surface area contributed by atoms with Crippen molar-refractivity contribution in [3.63, 3.8) is 0 Å². The van der Waals surface area contributed by atoms with E-state index in [-0.39, 0.29) is 28.6 Å². The maximum atomic E-state index is 14.8. The lowest BCUT2D eigenvalue weighted by atomic mass is 10.0. The van der Waals surface area contributed by atoms with Crippen LogP contribution >= 0.6 is 0 Å². The molecule has 3 rings (SSSR count). The summed E-state index contributed by atoms with van der Waals surface area (Å²) >= 11 is 0. The van der Waals surface area contributed by atoms with Crippen molar-refractivity contribution in [2.45, 2.75) is 32.4 Å².